The van der Waals surface area contributed by atoms with Crippen molar-refractivity contribution in [1.82, 2.24) is 30.3 Å². The molecule has 0 radical (unpaired) electrons. The van der Waals surface area contributed by atoms with Crippen LogP contribution in [-0.2, 0) is 39.8 Å². The number of amides is 5. The minimum absolute atomic E-state index is 0.0151. The minimum Gasteiger partial charge on any atom is -0.444 e. The molecule has 336 valence electrons. The first kappa shape index (κ1) is 50.4. The summed E-state index contributed by atoms with van der Waals surface area (Å²) in [4.78, 5) is 78.4. The largest absolute Gasteiger partial charge is 0.444 e. The fourth-order valence-corrected chi connectivity index (χ4v) is 8.83. The van der Waals surface area contributed by atoms with E-state index in [1.807, 2.05) is 80.3 Å². The smallest absolute Gasteiger partial charge is 0.410 e. The molecular weight excluding hydrogens is 785 g/mol. The van der Waals surface area contributed by atoms with Crippen LogP contribution in [0.1, 0.15) is 112 Å². The Morgan fingerprint density at radius 2 is 1.62 bits per heavy atom. The van der Waals surface area contributed by atoms with Crippen LogP contribution in [0, 0.1) is 17.8 Å². The van der Waals surface area contributed by atoms with Crippen LogP contribution in [0.5, 0.6) is 0 Å². The van der Waals surface area contributed by atoms with Gasteiger partial charge in [0.15, 0.2) is 0 Å². The van der Waals surface area contributed by atoms with Crippen LogP contribution in [0.4, 0.5) is 4.79 Å². The number of hydrogen-bond donors (Lipinski definition) is 2. The van der Waals surface area contributed by atoms with Gasteiger partial charge in [-0.2, -0.15) is 0 Å². The molecule has 1 fully saturated rings. The van der Waals surface area contributed by atoms with E-state index >= 15 is 0 Å². The fourth-order valence-electron chi connectivity index (χ4n) is 8.14. The van der Waals surface area contributed by atoms with E-state index in [0.29, 0.717) is 19.4 Å². The number of carbonyl (C=O) groups is 5. The molecule has 0 saturated carbocycles. The number of benzene rings is 1. The second-order valence-electron chi connectivity index (χ2n) is 18.0. The highest BCUT2D eigenvalue weighted by Crippen LogP contribution is 2.31. The van der Waals surface area contributed by atoms with Crippen LogP contribution in [0.15, 0.2) is 41.9 Å². The number of carbonyl (C=O) groups excluding carboxylic acids is 5. The molecule has 2 aromatic rings. The van der Waals surface area contributed by atoms with E-state index in [9.17, 15) is 24.0 Å². The molecule has 8 atom stereocenters. The van der Waals surface area contributed by atoms with E-state index in [1.54, 1.807) is 55.0 Å². The topological polar surface area (TPSA) is 160 Å². The minimum atomic E-state index is -1.41. The lowest BCUT2D eigenvalue weighted by Crippen LogP contribution is -2.62. The van der Waals surface area contributed by atoms with Gasteiger partial charge >= 0.3 is 6.09 Å². The first-order valence-electron chi connectivity index (χ1n) is 21.2. The third-order valence-corrected chi connectivity index (χ3v) is 12.8. The van der Waals surface area contributed by atoms with Crippen LogP contribution in [0.2, 0.25) is 0 Å². The number of hydrogen-bond acceptors (Lipinski definition) is 11. The summed E-state index contributed by atoms with van der Waals surface area (Å²) in [6, 6.07) is 8.13. The van der Waals surface area contributed by atoms with Gasteiger partial charge in [0.1, 0.15) is 16.1 Å². The summed E-state index contributed by atoms with van der Waals surface area (Å²) in [5.74, 6) is -2.31. The van der Waals surface area contributed by atoms with E-state index < -0.39 is 59.3 Å². The van der Waals surface area contributed by atoms with E-state index in [0.717, 1.165) is 23.4 Å². The van der Waals surface area contributed by atoms with Crippen molar-refractivity contribution in [1.29, 1.82) is 0 Å². The van der Waals surface area contributed by atoms with Gasteiger partial charge in [-0.15, -0.1) is 11.3 Å². The van der Waals surface area contributed by atoms with Crippen molar-refractivity contribution >= 4 is 41.1 Å². The van der Waals surface area contributed by atoms with Crippen LogP contribution in [0.25, 0.3) is 0 Å². The zero-order chi connectivity index (χ0) is 45.1. The van der Waals surface area contributed by atoms with Crippen molar-refractivity contribution in [2.24, 2.45) is 17.8 Å². The van der Waals surface area contributed by atoms with Gasteiger partial charge in [0.05, 0.1) is 42.7 Å². The summed E-state index contributed by atoms with van der Waals surface area (Å²) >= 11 is 1.49. The molecule has 15 heteroatoms. The molecule has 1 aliphatic heterocycles. The Labute approximate surface area is 362 Å². The summed E-state index contributed by atoms with van der Waals surface area (Å²) in [5.41, 5.74) is -1.10. The quantitative estimate of drug-likeness (QED) is 0.156. The van der Waals surface area contributed by atoms with Gasteiger partial charge in [0.25, 0.3) is 5.91 Å². The Morgan fingerprint density at radius 1 is 0.967 bits per heavy atom. The lowest BCUT2D eigenvalue weighted by atomic mass is 9.87. The number of ether oxygens (including phenoxy) is 3. The highest BCUT2D eigenvalue weighted by atomic mass is 32.1. The number of nitrogens with one attached hydrogen (secondary N) is 2. The van der Waals surface area contributed by atoms with Crippen LogP contribution < -0.4 is 10.6 Å². The summed E-state index contributed by atoms with van der Waals surface area (Å²) in [6.07, 6.45) is 2.66. The molecule has 60 heavy (non-hydrogen) atoms. The zero-order valence-corrected chi connectivity index (χ0v) is 39.3. The van der Waals surface area contributed by atoms with Gasteiger partial charge in [-0.05, 0) is 78.3 Å². The lowest BCUT2D eigenvalue weighted by Gasteiger charge is -2.43. The molecule has 1 aliphatic rings. The Hall–Kier alpha value is -3.92. The number of thiazole rings is 1. The molecule has 0 spiro atoms. The van der Waals surface area contributed by atoms with E-state index in [2.05, 4.69) is 22.5 Å². The number of imide groups is 1. The molecule has 0 bridgehead atoms. The number of methoxy groups -OCH3 is 2. The van der Waals surface area contributed by atoms with Crippen molar-refractivity contribution in [2.75, 3.05) is 34.9 Å². The van der Waals surface area contributed by atoms with Gasteiger partial charge in [0, 0.05) is 45.4 Å². The van der Waals surface area contributed by atoms with E-state index in [1.165, 1.54) is 23.3 Å². The first-order chi connectivity index (χ1) is 28.1. The fraction of sp³-hybridized carbons (Fsp3) is 0.689. The van der Waals surface area contributed by atoms with Crippen molar-refractivity contribution in [3.05, 3.63) is 52.5 Å². The van der Waals surface area contributed by atoms with Crippen LogP contribution >= 0.6 is 11.3 Å². The lowest BCUT2D eigenvalue weighted by molar-refractivity contribution is -0.145. The predicted molar refractivity (Wildman–Crippen MR) is 234 cm³/mol. The van der Waals surface area contributed by atoms with Crippen molar-refractivity contribution < 1.29 is 38.2 Å². The molecule has 3 rings (SSSR count). The Bertz CT molecular complexity index is 1700. The molecule has 0 aliphatic carbocycles. The van der Waals surface area contributed by atoms with Gasteiger partial charge in [-0.25, -0.2) is 9.78 Å². The number of likely N-dealkylation sites (N-methyl/N-ethyl adjacent to an activating group) is 2. The van der Waals surface area contributed by atoms with Crippen LogP contribution in [0.3, 0.4) is 0 Å². The standard InChI is InChI=1S/C45H72N6O8S/c1-15-29(4)37(49(11)36(28(2)3)40(54)48-42(55)45(9,10)50(12)43(56)59-44(6,7)8)34(57-13)27-35(52)51-24-19-22-33(51)38(58-14)30(5)39(53)47-32(41-46-23-25-60-41)26-31-20-17-16-18-21-31/h16-18,20-21,23,25,28-30,32-34,36-38H,15,19,22,24,26-27H2,1-14H3,(H,47,53)(H,48,54,55)/t29-,30+,32-,33-,34+,36-,37-,38+/m0/s1. The van der Waals surface area contributed by atoms with Crippen molar-refractivity contribution in [3.8, 4) is 0 Å². The SMILES string of the molecule is CC[C@H](C)[C@@H]([C@@H](CC(=O)N1CCC[C@H]1[C@H](OC)[C@@H](C)C(=O)N[C@@H](Cc1ccccc1)c1nccs1)OC)N(C)[C@H](C(=O)NC(=O)C(C)(C)N(C)C(=O)OC(C)(C)C)C(C)C. The Balaban J connectivity index is 1.80. The second kappa shape index (κ2) is 22.3. The molecule has 0 unspecified atom stereocenters. The number of rotatable bonds is 20. The van der Waals surface area contributed by atoms with Crippen molar-refractivity contribution in [3.63, 3.8) is 0 Å². The van der Waals surface area contributed by atoms with Crippen molar-refractivity contribution in [2.45, 2.75) is 149 Å². The summed E-state index contributed by atoms with van der Waals surface area (Å²) in [6.45, 7) is 18.6. The van der Waals surface area contributed by atoms with Gasteiger partial charge in [0.2, 0.25) is 17.7 Å². The summed E-state index contributed by atoms with van der Waals surface area (Å²) in [5, 5.41) is 8.52. The molecular formula is C45H72N6O8S. The van der Waals surface area contributed by atoms with Gasteiger partial charge in [-0.3, -0.25) is 34.3 Å². The second-order valence-corrected chi connectivity index (χ2v) is 19.0. The average molecular weight is 857 g/mol. The number of aromatic nitrogens is 1. The van der Waals surface area contributed by atoms with Crippen LogP contribution in [-0.4, -0.2) is 126 Å². The average Bonchev–Trinajstić information content (AvgIpc) is 3.90. The third kappa shape index (κ3) is 13.0. The van der Waals surface area contributed by atoms with E-state index in [4.69, 9.17) is 14.2 Å². The highest BCUT2D eigenvalue weighted by Gasteiger charge is 2.45. The number of likely N-dealkylation sites (tertiary alicyclic amines) is 1. The Kier molecular flexibility index (Phi) is 18.7. The van der Waals surface area contributed by atoms with Gasteiger partial charge < -0.3 is 24.4 Å². The maximum Gasteiger partial charge on any atom is 0.410 e. The highest BCUT2D eigenvalue weighted by molar-refractivity contribution is 7.09. The molecule has 2 heterocycles. The molecule has 2 N–H and O–H groups in total. The summed E-state index contributed by atoms with van der Waals surface area (Å²) in [7, 11) is 6.45. The predicted octanol–water partition coefficient (Wildman–Crippen LogP) is 6.25. The first-order valence-corrected chi connectivity index (χ1v) is 22.1. The number of nitrogens with zero attached hydrogens (tertiary/aromatic N) is 4. The summed E-state index contributed by atoms with van der Waals surface area (Å²) < 4.78 is 17.6. The normalized spacial score (nSPS) is 18.3. The molecule has 1 aromatic carbocycles. The third-order valence-electron chi connectivity index (χ3n) is 11.9. The molecule has 14 nitrogen and oxygen atoms in total. The van der Waals surface area contributed by atoms with Gasteiger partial charge in [-0.1, -0.05) is 71.4 Å². The monoisotopic (exact) mass is 857 g/mol. The Morgan fingerprint density at radius 3 is 2.15 bits per heavy atom. The maximum absolute atomic E-state index is 14.4. The molecule has 1 saturated heterocycles. The molecule has 1 aromatic heterocycles. The molecule has 5 amide bonds. The zero-order valence-electron chi connectivity index (χ0n) is 38.4. The maximum atomic E-state index is 14.4. The van der Waals surface area contributed by atoms with E-state index in [-0.39, 0.29) is 42.2 Å².